The molecule has 0 saturated carbocycles. The van der Waals surface area contributed by atoms with Crippen molar-refractivity contribution < 1.29 is 79.8 Å². The van der Waals surface area contributed by atoms with Gasteiger partial charge in [0.15, 0.2) is 0 Å². The number of fused-ring (bicyclic) bond motifs is 1. The topological polar surface area (TPSA) is 426 Å². The highest BCUT2D eigenvalue weighted by molar-refractivity contribution is 8.19. The highest BCUT2D eigenvalue weighted by Gasteiger charge is 2.31. The number of nitrogens with zero attached hydrogens (tertiary/aromatic N) is 6. The summed E-state index contributed by atoms with van der Waals surface area (Å²) in [5.74, 6) is -1.70. The Morgan fingerprint density at radius 1 is 0.540 bits per heavy atom. The molecule has 0 unspecified atom stereocenters. The Labute approximate surface area is 354 Å². The molecule has 26 nitrogen and oxygen atoms in total. The molecular formula is C31H26FN7O19S5. The third-order valence-corrected chi connectivity index (χ3v) is 13.0. The molecule has 8 N–H and O–H groups in total. The number of aryl methyl sites for hydroxylation is 3. The van der Waals surface area contributed by atoms with Gasteiger partial charge in [0.05, 0.1) is 26.5 Å². The van der Waals surface area contributed by atoms with Crippen molar-refractivity contribution in [2.75, 3.05) is 5.32 Å². The Balaban J connectivity index is 1.80. The van der Waals surface area contributed by atoms with Crippen molar-refractivity contribution in [2.45, 2.75) is 45.2 Å². The van der Waals surface area contributed by atoms with Crippen LogP contribution in [-0.4, -0.2) is 75.4 Å². The molecule has 0 aromatic heterocycles. The molecular weight excluding hydrogens is 954 g/mol. The van der Waals surface area contributed by atoms with Gasteiger partial charge < -0.3 is 19.0 Å². The summed E-state index contributed by atoms with van der Waals surface area (Å²) in [6.07, 6.45) is 0. The van der Waals surface area contributed by atoms with Crippen molar-refractivity contribution in [1.29, 1.82) is 0 Å². The van der Waals surface area contributed by atoms with E-state index >= 15 is 0 Å². The highest BCUT2D eigenvalue weighted by Crippen LogP contribution is 2.53. The molecule has 0 heterocycles. The Bertz CT molecular complexity index is 3360. The molecule has 0 amide bonds. The summed E-state index contributed by atoms with van der Waals surface area (Å²) in [5.41, 5.74) is -8.17. The van der Waals surface area contributed by atoms with E-state index in [0.29, 0.717) is 11.6 Å². The molecule has 63 heavy (non-hydrogen) atoms. The van der Waals surface area contributed by atoms with E-state index in [2.05, 4.69) is 20.5 Å². The fourth-order valence-corrected chi connectivity index (χ4v) is 9.37. The lowest BCUT2D eigenvalue weighted by Crippen LogP contribution is -2.08. The van der Waals surface area contributed by atoms with Crippen LogP contribution in [0.5, 0.6) is 0 Å². The first-order chi connectivity index (χ1) is 28.7. The minimum atomic E-state index is -5.61. The summed E-state index contributed by atoms with van der Waals surface area (Å²) in [6.45, 7) is 3.79. The van der Waals surface area contributed by atoms with Gasteiger partial charge >= 0.3 is 5.69 Å². The number of azo groups is 2. The lowest BCUT2D eigenvalue weighted by molar-refractivity contribution is -0.395. The van der Waals surface area contributed by atoms with Crippen LogP contribution in [0, 0.1) is 46.8 Å². The lowest BCUT2D eigenvalue weighted by Gasteiger charge is -2.23. The summed E-state index contributed by atoms with van der Waals surface area (Å²) < 4.78 is 186. The summed E-state index contributed by atoms with van der Waals surface area (Å²) in [6, 6.07) is 5.63. The standard InChI is InChI=1S/C31H26FN7O19S5/c1-13-4-5-18(24(6-13)59(44,45)46)34-36-30-14(2)29-15(3)31(28(63(56,57)58)8-16(29)7-27(30)62(53,54)55)37-35-21-11-25(60(47,48)49)20(10-26(21)61(50,51)52)33-19-9-17(32)22(38(40)41)12-23(19)39(42)43/h4-12,33,53-55H,1-3H3,(H,44,45,46)(H,47,48,49)(H,50,51,52)(H,56,57,58). The predicted octanol–water partition coefficient (Wildman–Crippen LogP) is 7.86. The zero-order valence-corrected chi connectivity index (χ0v) is 35.4. The van der Waals surface area contributed by atoms with Gasteiger partial charge in [-0.05, 0) is 84.6 Å². The number of hydrogen-bond donors (Lipinski definition) is 8. The van der Waals surface area contributed by atoms with Crippen LogP contribution in [0.15, 0.2) is 99.5 Å². The van der Waals surface area contributed by atoms with Crippen LogP contribution in [0.1, 0.15) is 16.7 Å². The number of nitrogens with one attached hydrogen (secondary N) is 1. The van der Waals surface area contributed by atoms with Crippen LogP contribution >= 0.6 is 10.9 Å². The largest absolute Gasteiger partial charge is 0.349 e. The van der Waals surface area contributed by atoms with Crippen LogP contribution in [0.25, 0.3) is 10.8 Å². The normalized spacial score (nSPS) is 13.3. The smallest absolute Gasteiger partial charge is 0.311 e. The van der Waals surface area contributed by atoms with E-state index in [1.165, 1.54) is 19.9 Å². The molecule has 0 fully saturated rings. The average Bonchev–Trinajstić information content (AvgIpc) is 3.12. The van der Waals surface area contributed by atoms with Crippen molar-refractivity contribution in [3.8, 4) is 0 Å². The zero-order chi connectivity index (χ0) is 47.5. The Morgan fingerprint density at radius 2 is 1.02 bits per heavy atom. The van der Waals surface area contributed by atoms with E-state index in [-0.39, 0.29) is 46.2 Å². The molecule has 0 radical (unpaired) electrons. The Kier molecular flexibility index (Phi) is 12.6. The first-order valence-corrected chi connectivity index (χ1v) is 23.5. The van der Waals surface area contributed by atoms with E-state index in [4.69, 9.17) is 0 Å². The molecule has 32 heteroatoms. The number of anilines is 2. The lowest BCUT2D eigenvalue weighted by atomic mass is 9.98. The second-order valence-corrected chi connectivity index (χ2v) is 19.9. The van der Waals surface area contributed by atoms with Crippen molar-refractivity contribution in [2.24, 2.45) is 20.5 Å². The molecule has 0 aliphatic rings. The van der Waals surface area contributed by atoms with Crippen LogP contribution < -0.4 is 5.32 Å². The zero-order valence-electron chi connectivity index (χ0n) is 31.3. The quantitative estimate of drug-likeness (QED) is 0.0241. The van der Waals surface area contributed by atoms with Crippen molar-refractivity contribution in [1.82, 2.24) is 0 Å². The van der Waals surface area contributed by atoms with Gasteiger partial charge in [-0.2, -0.15) is 38.1 Å². The van der Waals surface area contributed by atoms with Gasteiger partial charge in [-0.3, -0.25) is 38.4 Å². The number of rotatable bonds is 13. The molecule has 5 aromatic rings. The van der Waals surface area contributed by atoms with E-state index in [0.717, 1.165) is 25.1 Å². The van der Waals surface area contributed by atoms with Gasteiger partial charge in [-0.15, -0.1) is 20.5 Å². The van der Waals surface area contributed by atoms with Crippen molar-refractivity contribution in [3.05, 3.63) is 97.3 Å². The van der Waals surface area contributed by atoms with Gasteiger partial charge in [0, 0.05) is 6.07 Å². The van der Waals surface area contributed by atoms with Crippen LogP contribution in [-0.2, 0) is 40.5 Å². The van der Waals surface area contributed by atoms with Crippen molar-refractivity contribution in [3.63, 3.8) is 0 Å². The van der Waals surface area contributed by atoms with E-state index < -0.39 is 137 Å². The Morgan fingerprint density at radius 3 is 1.51 bits per heavy atom. The highest BCUT2D eigenvalue weighted by atomic mass is 32.3. The fourth-order valence-electron chi connectivity index (χ4n) is 5.93. The number of nitro benzene ring substituents is 2. The molecule has 0 aliphatic heterocycles. The molecule has 5 aromatic carbocycles. The minimum Gasteiger partial charge on any atom is -0.349 e. The predicted molar refractivity (Wildman–Crippen MR) is 215 cm³/mol. The summed E-state index contributed by atoms with van der Waals surface area (Å²) in [7, 11) is -26.3. The summed E-state index contributed by atoms with van der Waals surface area (Å²) in [5, 5.41) is 39.3. The van der Waals surface area contributed by atoms with Crippen molar-refractivity contribution >= 4 is 108 Å². The van der Waals surface area contributed by atoms with Gasteiger partial charge in [-0.25, -0.2) is 0 Å². The molecule has 0 atom stereocenters. The van der Waals surface area contributed by atoms with Crippen LogP contribution in [0.2, 0.25) is 0 Å². The van der Waals surface area contributed by atoms with Crippen LogP contribution in [0.4, 0.5) is 49.9 Å². The van der Waals surface area contributed by atoms with E-state index in [9.17, 15) is 90.2 Å². The molecule has 0 spiro atoms. The first-order valence-electron chi connectivity index (χ1n) is 16.2. The third kappa shape index (κ3) is 10.1. The SMILES string of the molecule is Cc1ccc(N=Nc2c(S(O)(O)O)cc3cc(S(=O)(=O)O)c(N=Nc4cc(S(=O)(=O)O)c(Nc5cc(F)c([N+](=O)[O-])cc5[N+](=O)[O-])cc4S(=O)(=O)O)c(C)c3c2C)c(S(=O)(=O)O)c1. The molecule has 0 aliphatic carbocycles. The molecule has 0 bridgehead atoms. The summed E-state index contributed by atoms with van der Waals surface area (Å²) in [4.78, 5) is 14.7. The molecule has 336 valence electrons. The second-order valence-electron chi connectivity index (χ2n) is 12.9. The maximum atomic E-state index is 14.5. The maximum Gasteiger partial charge on any atom is 0.311 e. The molecule has 5 rings (SSSR count). The Hall–Kier alpha value is -6.04. The van der Waals surface area contributed by atoms with E-state index in [1.54, 1.807) is 0 Å². The number of benzene rings is 5. The van der Waals surface area contributed by atoms with Crippen LogP contribution in [0.3, 0.4) is 0 Å². The molecule has 0 saturated heterocycles. The minimum absolute atomic E-state index is 0.128. The summed E-state index contributed by atoms with van der Waals surface area (Å²) >= 11 is 0. The van der Waals surface area contributed by atoms with E-state index in [1.807, 2.05) is 5.32 Å². The second kappa shape index (κ2) is 16.6. The number of nitro groups is 2. The van der Waals surface area contributed by atoms with Gasteiger partial charge in [0.2, 0.25) is 5.82 Å². The fraction of sp³-hybridized carbons (Fsp3) is 0.0968. The monoisotopic (exact) mass is 979 g/mol. The number of hydrogen-bond acceptors (Lipinski definition) is 20. The van der Waals surface area contributed by atoms with Gasteiger partial charge in [-0.1, -0.05) is 6.07 Å². The third-order valence-electron chi connectivity index (χ3n) is 8.62. The van der Waals surface area contributed by atoms with Gasteiger partial charge in [0.25, 0.3) is 46.2 Å². The average molecular weight is 980 g/mol. The van der Waals surface area contributed by atoms with Gasteiger partial charge in [0.1, 0.15) is 58.9 Å². The first kappa shape index (κ1) is 48.0. The maximum absolute atomic E-state index is 14.5. The number of halogens is 1.